The Morgan fingerprint density at radius 2 is 1.58 bits per heavy atom. The first-order valence-electron chi connectivity index (χ1n) is 10.3. The Bertz CT molecular complexity index is 1180. The van der Waals surface area contributed by atoms with Gasteiger partial charge in [-0.25, -0.2) is 0 Å². The van der Waals surface area contributed by atoms with Gasteiger partial charge in [-0.05, 0) is 91.4 Å². The van der Waals surface area contributed by atoms with Crippen LogP contribution in [0.15, 0.2) is 54.6 Å². The molecule has 0 fully saturated rings. The number of benzene rings is 3. The van der Waals surface area contributed by atoms with Crippen molar-refractivity contribution in [1.82, 2.24) is 0 Å². The standard InChI is InChI=1S/C25H26F3O4P/c1-16-8-9-19(13-24(16)32-21-7-5-6-20(14-21)25(26,27)28)12-23-17(2)10-22(11-18(23)3)31-15-33(4,29)30/h5-11,13-14H,12,15H2,1-4H3,(H,29,30). The second-order valence-corrected chi connectivity index (χ2v) is 10.6. The van der Waals surface area contributed by atoms with Crippen LogP contribution in [0.2, 0.25) is 0 Å². The summed E-state index contributed by atoms with van der Waals surface area (Å²) < 4.78 is 61.8. The fraction of sp³-hybridized carbons (Fsp3) is 0.280. The van der Waals surface area contributed by atoms with Gasteiger partial charge in [0, 0.05) is 6.66 Å². The zero-order valence-corrected chi connectivity index (χ0v) is 19.8. The molecule has 1 N–H and O–H groups in total. The van der Waals surface area contributed by atoms with Gasteiger partial charge in [0.05, 0.1) is 5.56 Å². The third kappa shape index (κ3) is 6.86. The predicted molar refractivity (Wildman–Crippen MR) is 123 cm³/mol. The Morgan fingerprint density at radius 1 is 0.909 bits per heavy atom. The van der Waals surface area contributed by atoms with Gasteiger partial charge in [-0.2, -0.15) is 13.2 Å². The van der Waals surface area contributed by atoms with E-state index in [9.17, 15) is 22.6 Å². The fourth-order valence-electron chi connectivity index (χ4n) is 3.44. The van der Waals surface area contributed by atoms with Crippen molar-refractivity contribution in [2.24, 2.45) is 0 Å². The van der Waals surface area contributed by atoms with E-state index in [1.165, 1.54) is 18.8 Å². The van der Waals surface area contributed by atoms with E-state index >= 15 is 0 Å². The first-order valence-corrected chi connectivity index (χ1v) is 12.6. The molecule has 0 aromatic heterocycles. The van der Waals surface area contributed by atoms with Crippen molar-refractivity contribution in [2.45, 2.75) is 33.4 Å². The number of hydrogen-bond donors (Lipinski definition) is 1. The predicted octanol–water partition coefficient (Wildman–Crippen LogP) is 7.25. The third-order valence-corrected chi connectivity index (χ3v) is 5.77. The summed E-state index contributed by atoms with van der Waals surface area (Å²) in [5.74, 6) is 1.14. The zero-order chi connectivity index (χ0) is 24.4. The lowest BCUT2D eigenvalue weighted by atomic mass is 9.95. The second kappa shape index (κ2) is 9.62. The number of ether oxygens (including phenoxy) is 2. The molecule has 0 heterocycles. The maximum Gasteiger partial charge on any atom is 0.416 e. The van der Waals surface area contributed by atoms with Crippen molar-refractivity contribution in [3.05, 3.63) is 88.0 Å². The number of rotatable bonds is 7. The SMILES string of the molecule is Cc1ccc(Cc2c(C)cc(OCP(C)(=O)O)cc2C)cc1Oc1cccc(C(F)(F)F)c1. The molecule has 33 heavy (non-hydrogen) atoms. The van der Waals surface area contributed by atoms with E-state index < -0.39 is 19.1 Å². The molecule has 8 heteroatoms. The van der Waals surface area contributed by atoms with E-state index in [-0.39, 0.29) is 12.1 Å². The van der Waals surface area contributed by atoms with Crippen LogP contribution in [0.1, 0.15) is 33.4 Å². The molecule has 0 bridgehead atoms. The summed E-state index contributed by atoms with van der Waals surface area (Å²) in [4.78, 5) is 9.44. The summed E-state index contributed by atoms with van der Waals surface area (Å²) in [5.41, 5.74) is 3.99. The molecule has 4 nitrogen and oxygen atoms in total. The maximum absolute atomic E-state index is 13.0. The second-order valence-electron chi connectivity index (χ2n) is 8.26. The molecule has 1 unspecified atom stereocenters. The van der Waals surface area contributed by atoms with Gasteiger partial charge >= 0.3 is 6.18 Å². The highest BCUT2D eigenvalue weighted by Crippen LogP contribution is 2.36. The van der Waals surface area contributed by atoms with Crippen LogP contribution in [0, 0.1) is 20.8 Å². The minimum atomic E-state index is -4.44. The first kappa shape index (κ1) is 24.9. The molecule has 3 rings (SSSR count). The molecule has 0 aliphatic rings. The summed E-state index contributed by atoms with van der Waals surface area (Å²) in [6.07, 6.45) is -4.10. The monoisotopic (exact) mass is 478 g/mol. The van der Waals surface area contributed by atoms with E-state index in [0.717, 1.165) is 39.9 Å². The molecule has 176 valence electrons. The van der Waals surface area contributed by atoms with Crippen molar-refractivity contribution in [1.29, 1.82) is 0 Å². The first-order chi connectivity index (χ1) is 15.3. The Kier molecular flexibility index (Phi) is 7.25. The summed E-state index contributed by atoms with van der Waals surface area (Å²) in [6.45, 7) is 6.96. The Balaban J connectivity index is 1.82. The van der Waals surface area contributed by atoms with Crippen molar-refractivity contribution in [3.8, 4) is 17.2 Å². The molecule has 0 aliphatic carbocycles. The number of alkyl halides is 3. The van der Waals surface area contributed by atoms with Crippen LogP contribution in [0.3, 0.4) is 0 Å². The lowest BCUT2D eigenvalue weighted by molar-refractivity contribution is -0.137. The van der Waals surface area contributed by atoms with Crippen molar-refractivity contribution in [2.75, 3.05) is 13.0 Å². The van der Waals surface area contributed by atoms with Crippen LogP contribution in [-0.4, -0.2) is 17.9 Å². The van der Waals surface area contributed by atoms with Crippen LogP contribution < -0.4 is 9.47 Å². The van der Waals surface area contributed by atoms with Crippen LogP contribution in [0.25, 0.3) is 0 Å². The van der Waals surface area contributed by atoms with Crippen molar-refractivity contribution >= 4 is 7.37 Å². The van der Waals surface area contributed by atoms with Crippen LogP contribution in [0.5, 0.6) is 17.2 Å². The lowest BCUT2D eigenvalue weighted by Gasteiger charge is -2.16. The van der Waals surface area contributed by atoms with Gasteiger partial charge in [0.2, 0.25) is 7.37 Å². The normalized spacial score (nSPS) is 13.5. The minimum Gasteiger partial charge on any atom is -0.484 e. The molecule has 0 spiro atoms. The number of hydrogen-bond acceptors (Lipinski definition) is 3. The average Bonchev–Trinajstić information content (AvgIpc) is 2.70. The maximum atomic E-state index is 13.0. The molecular weight excluding hydrogens is 452 g/mol. The molecule has 0 aliphatic heterocycles. The Hall–Kier alpha value is -2.76. The molecule has 3 aromatic carbocycles. The summed E-state index contributed by atoms with van der Waals surface area (Å²) in [5, 5.41) is 0. The topological polar surface area (TPSA) is 55.8 Å². The van der Waals surface area contributed by atoms with E-state index in [1.54, 1.807) is 0 Å². The summed E-state index contributed by atoms with van der Waals surface area (Å²) in [6, 6.07) is 14.1. The number of aryl methyl sites for hydroxylation is 3. The van der Waals surface area contributed by atoms with Crippen molar-refractivity contribution in [3.63, 3.8) is 0 Å². The summed E-state index contributed by atoms with van der Waals surface area (Å²) in [7, 11) is -3.28. The average molecular weight is 478 g/mol. The molecular formula is C25H26F3O4P. The molecule has 0 radical (unpaired) electrons. The van der Waals surface area contributed by atoms with E-state index in [2.05, 4.69) is 0 Å². The van der Waals surface area contributed by atoms with E-state index in [0.29, 0.717) is 17.9 Å². The largest absolute Gasteiger partial charge is 0.484 e. The van der Waals surface area contributed by atoms with Gasteiger partial charge in [-0.15, -0.1) is 0 Å². The molecule has 0 saturated carbocycles. The van der Waals surface area contributed by atoms with Gasteiger partial charge in [0.25, 0.3) is 0 Å². The highest BCUT2D eigenvalue weighted by atomic mass is 31.2. The minimum absolute atomic E-state index is 0.121. The van der Waals surface area contributed by atoms with Crippen LogP contribution in [0.4, 0.5) is 13.2 Å². The van der Waals surface area contributed by atoms with Crippen molar-refractivity contribution < 1.29 is 32.1 Å². The Morgan fingerprint density at radius 3 is 2.18 bits per heavy atom. The molecule has 0 amide bonds. The van der Waals surface area contributed by atoms with Crippen LogP contribution in [-0.2, 0) is 17.2 Å². The van der Waals surface area contributed by atoms with Gasteiger partial charge in [-0.3, -0.25) is 4.57 Å². The van der Waals surface area contributed by atoms with E-state index in [4.69, 9.17) is 9.47 Å². The van der Waals surface area contributed by atoms with Gasteiger partial charge in [-0.1, -0.05) is 18.2 Å². The van der Waals surface area contributed by atoms with Gasteiger partial charge in [0.15, 0.2) is 6.35 Å². The Labute approximate surface area is 191 Å². The molecule has 0 saturated heterocycles. The zero-order valence-electron chi connectivity index (χ0n) is 18.9. The molecule has 1 atom stereocenters. The quantitative estimate of drug-likeness (QED) is 0.364. The lowest BCUT2D eigenvalue weighted by Crippen LogP contribution is -2.04. The highest BCUT2D eigenvalue weighted by Gasteiger charge is 2.30. The number of halogens is 3. The molecule has 3 aromatic rings. The van der Waals surface area contributed by atoms with Gasteiger partial charge in [0.1, 0.15) is 17.2 Å². The van der Waals surface area contributed by atoms with E-state index in [1.807, 2.05) is 51.1 Å². The third-order valence-electron chi connectivity index (χ3n) is 5.16. The van der Waals surface area contributed by atoms with Crippen LogP contribution >= 0.6 is 7.37 Å². The smallest absolute Gasteiger partial charge is 0.416 e. The highest BCUT2D eigenvalue weighted by molar-refractivity contribution is 7.56. The fourth-order valence-corrected chi connectivity index (χ4v) is 3.83. The van der Waals surface area contributed by atoms with Gasteiger partial charge < -0.3 is 14.4 Å². The summed E-state index contributed by atoms with van der Waals surface area (Å²) >= 11 is 0.